The number of nitro groups is 1. The van der Waals surface area contributed by atoms with Gasteiger partial charge in [0.05, 0.1) is 24.0 Å². The number of alkyl halides is 2. The van der Waals surface area contributed by atoms with Gasteiger partial charge in [0.2, 0.25) is 0 Å². The van der Waals surface area contributed by atoms with Crippen LogP contribution in [-0.4, -0.2) is 23.0 Å². The third-order valence-electron chi connectivity index (χ3n) is 2.02. The fraction of sp³-hybridized carbons (Fsp3) is 0.333. The number of hydrogen-bond donors (Lipinski definition) is 0. The van der Waals surface area contributed by atoms with Crippen LogP contribution in [0, 0.1) is 10.1 Å². The molecule has 0 aliphatic carbocycles. The van der Waals surface area contributed by atoms with Crippen LogP contribution in [0.5, 0.6) is 0 Å². The van der Waals surface area contributed by atoms with E-state index in [-0.39, 0.29) is 0 Å². The monoisotopic (exact) mass is 246 g/mol. The van der Waals surface area contributed by atoms with E-state index in [1.54, 1.807) is 0 Å². The molecule has 1 rings (SSSR count). The first kappa shape index (κ1) is 12.9. The summed E-state index contributed by atoms with van der Waals surface area (Å²) in [5.74, 6) is -0.844. The summed E-state index contributed by atoms with van der Waals surface area (Å²) >= 11 is 0. The number of hydrogen-bond acceptors (Lipinski definition) is 5. The van der Waals surface area contributed by atoms with E-state index in [1.165, 1.54) is 0 Å². The third kappa shape index (κ3) is 2.92. The summed E-state index contributed by atoms with van der Waals surface area (Å²) in [5, 5.41) is 10.6. The number of rotatable bonds is 4. The minimum atomic E-state index is -2.99. The predicted molar refractivity (Wildman–Crippen MR) is 51.6 cm³/mol. The topological polar surface area (TPSA) is 82.3 Å². The Hall–Kier alpha value is -2.12. The highest BCUT2D eigenvalue weighted by Crippen LogP contribution is 2.28. The molecule has 1 aromatic heterocycles. The molecule has 0 radical (unpaired) electrons. The summed E-state index contributed by atoms with van der Waals surface area (Å²) in [7, 11) is 1.06. The first-order chi connectivity index (χ1) is 7.97. The average molecular weight is 246 g/mol. The molecular weight excluding hydrogens is 238 g/mol. The fourth-order valence-electron chi connectivity index (χ4n) is 1.25. The van der Waals surface area contributed by atoms with Crippen LogP contribution in [0.1, 0.15) is 17.7 Å². The van der Waals surface area contributed by atoms with Gasteiger partial charge in [-0.05, 0) is 0 Å². The molecule has 0 aliphatic heterocycles. The molecule has 0 saturated carbocycles. The van der Waals surface area contributed by atoms with Gasteiger partial charge in [-0.25, -0.2) is 8.78 Å². The van der Waals surface area contributed by atoms with Gasteiger partial charge in [-0.15, -0.1) is 0 Å². The highest BCUT2D eigenvalue weighted by Gasteiger charge is 2.25. The normalized spacial score (nSPS) is 10.4. The smallest absolute Gasteiger partial charge is 0.310 e. The van der Waals surface area contributed by atoms with E-state index in [0.717, 1.165) is 19.4 Å². The largest absolute Gasteiger partial charge is 0.469 e. The predicted octanol–water partition coefficient (Wildman–Crippen LogP) is 1.64. The molecule has 6 nitrogen and oxygen atoms in total. The van der Waals surface area contributed by atoms with Gasteiger partial charge in [-0.3, -0.25) is 19.9 Å². The lowest BCUT2D eigenvalue weighted by Gasteiger charge is -2.07. The zero-order valence-electron chi connectivity index (χ0n) is 8.72. The first-order valence-corrected chi connectivity index (χ1v) is 4.44. The number of ether oxygens (including phenoxy) is 1. The van der Waals surface area contributed by atoms with E-state index in [2.05, 4.69) is 9.72 Å². The molecule has 0 unspecified atom stereocenters. The van der Waals surface area contributed by atoms with Crippen LogP contribution in [0.4, 0.5) is 14.5 Å². The number of halogens is 2. The summed E-state index contributed by atoms with van der Waals surface area (Å²) in [4.78, 5) is 24.2. The van der Waals surface area contributed by atoms with Crippen LogP contribution < -0.4 is 0 Å². The Kier molecular flexibility index (Phi) is 4.02. The van der Waals surface area contributed by atoms with Crippen molar-refractivity contribution < 1.29 is 23.2 Å². The van der Waals surface area contributed by atoms with E-state index in [9.17, 15) is 23.7 Å². The van der Waals surface area contributed by atoms with Gasteiger partial charge in [0.15, 0.2) is 0 Å². The molecule has 8 heteroatoms. The SMILES string of the molecule is COC(=O)Cc1c([N+](=O)[O-])ccnc1C(F)F. The molecule has 0 saturated heterocycles. The average Bonchev–Trinajstić information content (AvgIpc) is 2.28. The van der Waals surface area contributed by atoms with E-state index >= 15 is 0 Å². The van der Waals surface area contributed by atoms with E-state index < -0.39 is 40.7 Å². The molecule has 1 heterocycles. The second-order valence-corrected chi connectivity index (χ2v) is 3.00. The molecule has 0 amide bonds. The number of nitrogens with zero attached hydrogens (tertiary/aromatic N) is 2. The van der Waals surface area contributed by atoms with Crippen molar-refractivity contribution in [2.45, 2.75) is 12.8 Å². The Morgan fingerprint density at radius 1 is 1.65 bits per heavy atom. The van der Waals surface area contributed by atoms with Crippen molar-refractivity contribution in [2.24, 2.45) is 0 Å². The van der Waals surface area contributed by atoms with Gasteiger partial charge in [-0.1, -0.05) is 0 Å². The van der Waals surface area contributed by atoms with Crippen LogP contribution >= 0.6 is 0 Å². The lowest BCUT2D eigenvalue weighted by Crippen LogP contribution is -2.11. The minimum Gasteiger partial charge on any atom is -0.469 e. The molecule has 0 spiro atoms. The Balaban J connectivity index is 3.28. The van der Waals surface area contributed by atoms with E-state index in [4.69, 9.17) is 0 Å². The van der Waals surface area contributed by atoms with Crippen molar-refractivity contribution in [3.8, 4) is 0 Å². The Bertz CT molecular complexity index is 451. The molecule has 0 aromatic carbocycles. The zero-order chi connectivity index (χ0) is 13.0. The summed E-state index contributed by atoms with van der Waals surface area (Å²) < 4.78 is 29.5. The number of methoxy groups -OCH3 is 1. The van der Waals surface area contributed by atoms with Crippen LogP contribution in [0.3, 0.4) is 0 Å². The van der Waals surface area contributed by atoms with E-state index in [1.807, 2.05) is 0 Å². The maximum atomic E-state index is 12.6. The Labute approximate surface area is 94.4 Å². The quantitative estimate of drug-likeness (QED) is 0.458. The zero-order valence-corrected chi connectivity index (χ0v) is 8.72. The van der Waals surface area contributed by atoms with E-state index in [0.29, 0.717) is 0 Å². The maximum Gasteiger partial charge on any atom is 0.310 e. The minimum absolute atomic E-state index is 0.417. The van der Waals surface area contributed by atoms with Crippen molar-refractivity contribution in [3.05, 3.63) is 33.6 Å². The fourth-order valence-corrected chi connectivity index (χ4v) is 1.25. The molecule has 17 heavy (non-hydrogen) atoms. The standard InChI is InChI=1S/C9H8F2N2O4/c1-17-7(14)4-5-6(13(15)16)2-3-12-8(5)9(10)11/h2-3,9H,4H2,1H3. The first-order valence-electron chi connectivity index (χ1n) is 4.44. The van der Waals surface area contributed by atoms with Gasteiger partial charge in [0.1, 0.15) is 5.69 Å². The number of carbonyl (C=O) groups is 1. The van der Waals surface area contributed by atoms with Crippen molar-refractivity contribution in [1.82, 2.24) is 4.98 Å². The number of carbonyl (C=O) groups excluding carboxylic acids is 1. The van der Waals surface area contributed by atoms with Gasteiger partial charge >= 0.3 is 5.97 Å². The van der Waals surface area contributed by atoms with Crippen molar-refractivity contribution in [2.75, 3.05) is 7.11 Å². The highest BCUT2D eigenvalue weighted by molar-refractivity contribution is 5.74. The lowest BCUT2D eigenvalue weighted by atomic mass is 10.1. The molecular formula is C9H8F2N2O4. The maximum absolute atomic E-state index is 12.6. The molecule has 0 fully saturated rings. The number of esters is 1. The summed E-state index contributed by atoms with van der Waals surface area (Å²) in [6.45, 7) is 0. The van der Waals surface area contributed by atoms with Crippen LogP contribution in [0.25, 0.3) is 0 Å². The summed E-state index contributed by atoms with van der Waals surface area (Å²) in [5.41, 5.74) is -1.76. The Morgan fingerprint density at radius 3 is 2.76 bits per heavy atom. The van der Waals surface area contributed by atoms with Crippen LogP contribution in [0.15, 0.2) is 12.3 Å². The van der Waals surface area contributed by atoms with Crippen molar-refractivity contribution in [1.29, 1.82) is 0 Å². The molecule has 1 aromatic rings. The van der Waals surface area contributed by atoms with Crippen molar-refractivity contribution >= 4 is 11.7 Å². The van der Waals surface area contributed by atoms with Gasteiger partial charge < -0.3 is 4.74 Å². The third-order valence-corrected chi connectivity index (χ3v) is 2.02. The summed E-state index contributed by atoms with van der Waals surface area (Å²) in [6, 6.07) is 0.962. The van der Waals surface area contributed by atoms with Gasteiger partial charge in [0.25, 0.3) is 12.1 Å². The molecule has 0 bridgehead atoms. The Morgan fingerprint density at radius 2 is 2.29 bits per heavy atom. The highest BCUT2D eigenvalue weighted by atomic mass is 19.3. The molecule has 0 N–H and O–H groups in total. The lowest BCUT2D eigenvalue weighted by molar-refractivity contribution is -0.385. The van der Waals surface area contributed by atoms with Gasteiger partial charge in [0, 0.05) is 12.3 Å². The van der Waals surface area contributed by atoms with Crippen LogP contribution in [-0.2, 0) is 16.0 Å². The van der Waals surface area contributed by atoms with Crippen molar-refractivity contribution in [3.63, 3.8) is 0 Å². The van der Waals surface area contributed by atoms with Gasteiger partial charge in [-0.2, -0.15) is 0 Å². The number of pyridine rings is 1. The molecule has 0 aliphatic rings. The number of aromatic nitrogens is 1. The second-order valence-electron chi connectivity index (χ2n) is 3.00. The summed E-state index contributed by atoms with van der Waals surface area (Å²) in [6.07, 6.45) is -2.70. The molecule has 0 atom stereocenters. The second kappa shape index (κ2) is 5.28. The molecule has 92 valence electrons. The van der Waals surface area contributed by atoms with Crippen LogP contribution in [0.2, 0.25) is 0 Å².